The Morgan fingerprint density at radius 3 is 0.750 bits per heavy atom. The molecule has 2 heteroatoms. The lowest BCUT2D eigenvalue weighted by molar-refractivity contribution is 0.590. The zero-order valence-corrected chi connectivity index (χ0v) is 31.1. The van der Waals surface area contributed by atoms with Gasteiger partial charge in [0.15, 0.2) is 0 Å². The first-order chi connectivity index (χ1) is 22.3. The topological polar surface area (TPSA) is 9.86 Å². The number of fused-ring (bicyclic) bond motifs is 6. The molecule has 0 atom stereocenters. The third-order valence-corrected chi connectivity index (χ3v) is 10.4. The monoisotopic (exact) mass is 632 g/mol. The highest BCUT2D eigenvalue weighted by molar-refractivity contribution is 6.12. The molecule has 0 saturated heterocycles. The van der Waals surface area contributed by atoms with E-state index in [2.05, 4.69) is 189 Å². The van der Waals surface area contributed by atoms with Crippen molar-refractivity contribution in [3.8, 4) is 11.4 Å². The van der Waals surface area contributed by atoms with Crippen LogP contribution < -0.4 is 0 Å². The average Bonchev–Trinajstić information content (AvgIpc) is 3.50. The Labute approximate surface area is 287 Å². The highest BCUT2D eigenvalue weighted by Crippen LogP contribution is 2.42. The van der Waals surface area contributed by atoms with Crippen molar-refractivity contribution in [1.82, 2.24) is 9.13 Å². The predicted molar refractivity (Wildman–Crippen MR) is 210 cm³/mol. The fraction of sp³-hybridized carbons (Fsp3) is 0.348. The van der Waals surface area contributed by atoms with Gasteiger partial charge in [0.2, 0.25) is 0 Å². The Kier molecular flexibility index (Phi) is 7.12. The van der Waals surface area contributed by atoms with Gasteiger partial charge in [0.25, 0.3) is 0 Å². The van der Waals surface area contributed by atoms with Gasteiger partial charge < -0.3 is 9.13 Å². The molecule has 5 aromatic carbocycles. The first-order valence-corrected chi connectivity index (χ1v) is 17.6. The van der Waals surface area contributed by atoms with Gasteiger partial charge in [0.1, 0.15) is 0 Å². The van der Waals surface area contributed by atoms with E-state index in [4.69, 9.17) is 0 Å². The van der Waals surface area contributed by atoms with Crippen LogP contribution >= 0.6 is 0 Å². The molecule has 0 saturated carbocycles. The molecule has 2 nitrogen and oxygen atoms in total. The van der Waals surface area contributed by atoms with Gasteiger partial charge in [-0.15, -0.1) is 0 Å². The van der Waals surface area contributed by atoms with Gasteiger partial charge in [-0.1, -0.05) is 119 Å². The van der Waals surface area contributed by atoms with Gasteiger partial charge in [0, 0.05) is 21.5 Å². The fourth-order valence-electron chi connectivity index (χ4n) is 7.27. The maximum Gasteiger partial charge on any atom is 0.0702 e. The normalized spacial score (nSPS) is 13.4. The molecule has 2 aromatic heterocycles. The van der Waals surface area contributed by atoms with Gasteiger partial charge in [-0.05, 0) is 105 Å². The molecule has 0 aliphatic carbocycles. The van der Waals surface area contributed by atoms with Crippen molar-refractivity contribution in [3.05, 3.63) is 119 Å². The highest BCUT2D eigenvalue weighted by atomic mass is 15.1. The van der Waals surface area contributed by atoms with Gasteiger partial charge in [-0.3, -0.25) is 0 Å². The number of aromatic nitrogens is 2. The minimum atomic E-state index is 0.0585. The molecule has 0 fully saturated rings. The first kappa shape index (κ1) is 32.3. The Morgan fingerprint density at radius 2 is 0.542 bits per heavy atom. The summed E-state index contributed by atoms with van der Waals surface area (Å²) in [4.78, 5) is 0. The number of hydrogen-bond donors (Lipinski definition) is 0. The van der Waals surface area contributed by atoms with E-state index in [1.807, 2.05) is 0 Å². The summed E-state index contributed by atoms with van der Waals surface area (Å²) < 4.78 is 5.01. The van der Waals surface area contributed by atoms with Crippen LogP contribution in [-0.2, 0) is 21.7 Å². The minimum Gasteiger partial charge on any atom is -0.307 e. The van der Waals surface area contributed by atoms with E-state index in [-0.39, 0.29) is 21.7 Å². The zero-order valence-electron chi connectivity index (χ0n) is 31.1. The van der Waals surface area contributed by atoms with E-state index in [1.54, 1.807) is 0 Å². The van der Waals surface area contributed by atoms with Crippen molar-refractivity contribution in [1.29, 1.82) is 0 Å². The van der Waals surface area contributed by atoms with E-state index in [9.17, 15) is 0 Å². The van der Waals surface area contributed by atoms with Crippen LogP contribution in [0.2, 0.25) is 0 Å². The van der Waals surface area contributed by atoms with Crippen molar-refractivity contribution in [2.45, 2.75) is 105 Å². The van der Waals surface area contributed by atoms with Crippen molar-refractivity contribution in [3.63, 3.8) is 0 Å². The minimum absolute atomic E-state index is 0.0585. The summed E-state index contributed by atoms with van der Waals surface area (Å²) in [5.41, 5.74) is 13.0. The summed E-state index contributed by atoms with van der Waals surface area (Å²) in [7, 11) is 0. The Morgan fingerprint density at radius 1 is 0.312 bits per heavy atom. The van der Waals surface area contributed by atoms with Crippen LogP contribution in [-0.4, -0.2) is 9.13 Å². The number of rotatable bonds is 2. The molecule has 0 N–H and O–H groups in total. The van der Waals surface area contributed by atoms with Crippen LogP contribution in [0.3, 0.4) is 0 Å². The largest absolute Gasteiger partial charge is 0.307 e. The quantitative estimate of drug-likeness (QED) is 0.179. The van der Waals surface area contributed by atoms with Crippen molar-refractivity contribution in [2.24, 2.45) is 0 Å². The Bertz CT molecular complexity index is 2050. The third kappa shape index (κ3) is 5.25. The van der Waals surface area contributed by atoms with Crippen molar-refractivity contribution in [2.75, 3.05) is 0 Å². The number of para-hydroxylation sites is 2. The van der Waals surface area contributed by atoms with Crippen molar-refractivity contribution >= 4 is 43.6 Å². The van der Waals surface area contributed by atoms with Gasteiger partial charge in [-0.2, -0.15) is 0 Å². The molecule has 246 valence electrons. The molecule has 0 bridgehead atoms. The average molecular weight is 633 g/mol. The summed E-state index contributed by atoms with van der Waals surface area (Å²) in [6.07, 6.45) is 0. The van der Waals surface area contributed by atoms with E-state index >= 15 is 0 Å². The lowest BCUT2D eigenvalue weighted by atomic mass is 9.85. The maximum absolute atomic E-state index is 2.50. The molecule has 0 radical (unpaired) electrons. The predicted octanol–water partition coefficient (Wildman–Crippen LogP) is 13.1. The molecular formula is C46H52N2. The molecule has 0 amide bonds. The zero-order chi connectivity index (χ0) is 34.6. The van der Waals surface area contributed by atoms with Crippen molar-refractivity contribution < 1.29 is 0 Å². The molecule has 0 unspecified atom stereocenters. The summed E-state index contributed by atoms with van der Waals surface area (Å²) in [5.74, 6) is 0. The van der Waals surface area contributed by atoms with Crippen LogP contribution in [0, 0.1) is 0 Å². The highest BCUT2D eigenvalue weighted by Gasteiger charge is 2.25. The Hall–Kier alpha value is -4.30. The summed E-state index contributed by atoms with van der Waals surface area (Å²) >= 11 is 0. The lowest BCUT2D eigenvalue weighted by Crippen LogP contribution is -2.10. The van der Waals surface area contributed by atoms with Crippen LogP contribution in [0.25, 0.3) is 55.0 Å². The second kappa shape index (κ2) is 10.6. The molecule has 48 heavy (non-hydrogen) atoms. The third-order valence-electron chi connectivity index (χ3n) is 10.4. The molecule has 2 heterocycles. The standard InChI is InChI=1S/C46H52N2/c1-43(2,3)29-17-21-37-33(25-29)34-26-30(44(4,5)6)18-22-38(34)47(37)41-15-13-14-16-42(41)48-39-23-19-31(45(7,8)9)27-35(39)36-28-32(46(10,11)12)20-24-40(36)48/h13-28H,1-12H3. The first-order valence-electron chi connectivity index (χ1n) is 17.6. The molecule has 0 spiro atoms. The smallest absolute Gasteiger partial charge is 0.0702 e. The van der Waals surface area contributed by atoms with Crippen LogP contribution in [0.1, 0.15) is 105 Å². The SMILES string of the molecule is CC(C)(C)c1ccc2c(c1)c1cc(C(C)(C)C)ccc1n2-c1ccccc1-n1c2ccc(C(C)(C)C)cc2c2cc(C(C)(C)C)ccc21. The number of benzene rings is 5. The molecule has 7 rings (SSSR count). The van der Waals surface area contributed by atoms with Crippen LogP contribution in [0.15, 0.2) is 97.1 Å². The maximum atomic E-state index is 2.50. The fourth-order valence-corrected chi connectivity index (χ4v) is 7.27. The Balaban J connectivity index is 1.59. The summed E-state index contributed by atoms with van der Waals surface area (Å²) in [6.45, 7) is 27.7. The summed E-state index contributed by atoms with van der Waals surface area (Å²) in [6, 6.07) is 37.4. The van der Waals surface area contributed by atoms with E-state index in [0.29, 0.717) is 0 Å². The van der Waals surface area contributed by atoms with E-state index < -0.39 is 0 Å². The lowest BCUT2D eigenvalue weighted by Gasteiger charge is -2.20. The number of hydrogen-bond acceptors (Lipinski definition) is 0. The van der Waals surface area contributed by atoms with Crippen LogP contribution in [0.5, 0.6) is 0 Å². The molecular weight excluding hydrogens is 581 g/mol. The number of nitrogens with zero attached hydrogens (tertiary/aromatic N) is 2. The van der Waals surface area contributed by atoms with Gasteiger partial charge >= 0.3 is 0 Å². The second-order valence-corrected chi connectivity index (χ2v) is 18.1. The molecule has 7 aromatic rings. The molecule has 0 aliphatic heterocycles. The van der Waals surface area contributed by atoms with Gasteiger partial charge in [-0.25, -0.2) is 0 Å². The van der Waals surface area contributed by atoms with E-state index in [0.717, 1.165) is 0 Å². The summed E-state index contributed by atoms with van der Waals surface area (Å²) in [5, 5.41) is 5.24. The second-order valence-electron chi connectivity index (χ2n) is 18.1. The van der Waals surface area contributed by atoms with E-state index in [1.165, 1.54) is 77.2 Å². The van der Waals surface area contributed by atoms with Gasteiger partial charge in [0.05, 0.1) is 33.4 Å². The van der Waals surface area contributed by atoms with Crippen LogP contribution in [0.4, 0.5) is 0 Å². The molecule has 0 aliphatic rings.